The Balaban J connectivity index is 0.000000531. The lowest BCUT2D eigenvalue weighted by molar-refractivity contribution is -0.109. The second-order valence-corrected chi connectivity index (χ2v) is 3.16. The molecule has 1 aliphatic rings. The van der Waals surface area contributed by atoms with E-state index in [2.05, 4.69) is 22.3 Å². The zero-order chi connectivity index (χ0) is 11.1. The molecule has 82 valence electrons. The van der Waals surface area contributed by atoms with Gasteiger partial charge in [0.15, 0.2) is 0 Å². The molecular weight excluding hydrogens is 192 g/mol. The largest absolute Gasteiger partial charge is 0.400 e. The van der Waals surface area contributed by atoms with Crippen LogP contribution in [0.15, 0.2) is 30.3 Å². The van der Waals surface area contributed by atoms with Crippen molar-refractivity contribution in [3.05, 3.63) is 30.3 Å². The second-order valence-electron chi connectivity index (χ2n) is 3.16. The fraction of sp³-hybridized carbons (Fsp3) is 0.364. The molecule has 1 heterocycles. The monoisotopic (exact) mass is 208 g/mol. The van der Waals surface area contributed by atoms with Crippen molar-refractivity contribution in [1.82, 2.24) is 5.32 Å². The van der Waals surface area contributed by atoms with Crippen LogP contribution in [-0.2, 0) is 4.79 Å². The first kappa shape index (κ1) is 11.7. The summed E-state index contributed by atoms with van der Waals surface area (Å²) < 4.78 is 0. The van der Waals surface area contributed by atoms with Gasteiger partial charge in [-0.2, -0.15) is 0 Å². The molecule has 0 amide bonds. The van der Waals surface area contributed by atoms with Crippen molar-refractivity contribution in [2.24, 2.45) is 0 Å². The zero-order valence-electron chi connectivity index (χ0n) is 8.76. The summed E-state index contributed by atoms with van der Waals surface area (Å²) in [6.07, 6.45) is 0.961. The topological polar surface area (TPSA) is 52.6 Å². The van der Waals surface area contributed by atoms with Gasteiger partial charge in [-0.1, -0.05) is 18.2 Å². The predicted octanol–water partition coefficient (Wildman–Crippen LogP) is 0.230. The fourth-order valence-electron chi connectivity index (χ4n) is 1.52. The van der Waals surface area contributed by atoms with E-state index in [4.69, 9.17) is 5.11 Å². The van der Waals surface area contributed by atoms with Crippen LogP contribution in [0.1, 0.15) is 0 Å². The molecule has 0 aliphatic carbocycles. The molecule has 1 aliphatic heterocycles. The highest BCUT2D eigenvalue weighted by Gasteiger charge is 2.20. The summed E-state index contributed by atoms with van der Waals surface area (Å²) >= 11 is 0. The first-order valence-corrected chi connectivity index (χ1v) is 4.83. The number of para-hydroxylation sites is 1. The molecule has 1 saturated heterocycles. The molecule has 15 heavy (non-hydrogen) atoms. The van der Waals surface area contributed by atoms with Crippen LogP contribution in [-0.4, -0.2) is 37.8 Å². The van der Waals surface area contributed by atoms with E-state index >= 15 is 0 Å². The minimum atomic E-state index is -0.0137. The normalized spacial score (nSPS) is 19.3. The van der Waals surface area contributed by atoms with Gasteiger partial charge in [-0.05, 0) is 12.1 Å². The van der Waals surface area contributed by atoms with Crippen LogP contribution < -0.4 is 10.2 Å². The number of nitrogens with one attached hydrogen (secondary N) is 1. The van der Waals surface area contributed by atoms with E-state index in [9.17, 15) is 4.79 Å². The average Bonchev–Trinajstić information content (AvgIpc) is 2.81. The van der Waals surface area contributed by atoms with Crippen molar-refractivity contribution < 1.29 is 9.90 Å². The van der Waals surface area contributed by atoms with Gasteiger partial charge in [-0.25, -0.2) is 0 Å². The van der Waals surface area contributed by atoms with Crippen molar-refractivity contribution in [2.75, 3.05) is 25.2 Å². The highest BCUT2D eigenvalue weighted by atomic mass is 16.2. The molecule has 1 atom stereocenters. The molecule has 2 rings (SSSR count). The van der Waals surface area contributed by atoms with E-state index in [0.29, 0.717) is 0 Å². The molecule has 4 nitrogen and oxygen atoms in total. The van der Waals surface area contributed by atoms with Crippen molar-refractivity contribution in [2.45, 2.75) is 6.04 Å². The van der Waals surface area contributed by atoms with E-state index in [1.54, 1.807) is 0 Å². The van der Waals surface area contributed by atoms with Gasteiger partial charge in [0.05, 0.1) is 12.7 Å². The SMILES string of the molecule is CO.O=CC1CN(c2ccccc2)CN1. The average molecular weight is 208 g/mol. The molecule has 1 aromatic rings. The van der Waals surface area contributed by atoms with Crippen LogP contribution in [0.5, 0.6) is 0 Å². The molecule has 4 heteroatoms. The van der Waals surface area contributed by atoms with E-state index in [1.807, 2.05) is 18.2 Å². The van der Waals surface area contributed by atoms with Crippen molar-refractivity contribution in [1.29, 1.82) is 0 Å². The Morgan fingerprint density at radius 1 is 1.40 bits per heavy atom. The smallest absolute Gasteiger partial charge is 0.138 e. The highest BCUT2D eigenvalue weighted by molar-refractivity contribution is 5.61. The summed E-state index contributed by atoms with van der Waals surface area (Å²) in [6, 6.07) is 10.1. The molecule has 0 radical (unpaired) electrons. The lowest BCUT2D eigenvalue weighted by Crippen LogP contribution is -2.24. The Bertz CT molecular complexity index is 290. The van der Waals surface area contributed by atoms with Gasteiger partial charge in [0.2, 0.25) is 0 Å². The molecule has 0 spiro atoms. The molecule has 1 fully saturated rings. The van der Waals surface area contributed by atoms with Gasteiger partial charge < -0.3 is 14.8 Å². The molecule has 1 unspecified atom stereocenters. The van der Waals surface area contributed by atoms with Crippen molar-refractivity contribution in [3.8, 4) is 0 Å². The number of carbonyl (C=O) groups excluding carboxylic acids is 1. The quantitative estimate of drug-likeness (QED) is 0.683. The van der Waals surface area contributed by atoms with Crippen LogP contribution in [0, 0.1) is 0 Å². The number of rotatable bonds is 2. The third kappa shape index (κ3) is 3.04. The van der Waals surface area contributed by atoms with E-state index in [-0.39, 0.29) is 6.04 Å². The van der Waals surface area contributed by atoms with Gasteiger partial charge in [-0.15, -0.1) is 0 Å². The molecule has 0 saturated carbocycles. The summed E-state index contributed by atoms with van der Waals surface area (Å²) in [5.41, 5.74) is 1.17. The Hall–Kier alpha value is -1.39. The van der Waals surface area contributed by atoms with Crippen LogP contribution in [0.3, 0.4) is 0 Å². The molecule has 0 aromatic heterocycles. The van der Waals surface area contributed by atoms with E-state index in [0.717, 1.165) is 26.6 Å². The standard InChI is InChI=1S/C10H12N2O.CH4O/c13-7-9-6-12(8-11-9)10-4-2-1-3-5-10;1-2/h1-5,7,9,11H,6,8H2;2H,1H3. The molecular formula is C11H16N2O2. The van der Waals surface area contributed by atoms with Gasteiger partial charge in [0.1, 0.15) is 6.29 Å². The zero-order valence-corrected chi connectivity index (χ0v) is 8.76. The number of aliphatic hydroxyl groups is 1. The van der Waals surface area contributed by atoms with Crippen LogP contribution in [0.4, 0.5) is 5.69 Å². The first-order valence-electron chi connectivity index (χ1n) is 4.83. The number of benzene rings is 1. The van der Waals surface area contributed by atoms with Crippen LogP contribution >= 0.6 is 0 Å². The lowest BCUT2D eigenvalue weighted by Gasteiger charge is -2.15. The summed E-state index contributed by atoms with van der Waals surface area (Å²) in [4.78, 5) is 12.6. The number of hydrogen-bond donors (Lipinski definition) is 2. The number of anilines is 1. The van der Waals surface area contributed by atoms with Gasteiger partial charge in [-0.3, -0.25) is 5.32 Å². The Labute approximate surface area is 89.5 Å². The maximum absolute atomic E-state index is 10.5. The molecule has 0 bridgehead atoms. The van der Waals surface area contributed by atoms with Crippen molar-refractivity contribution in [3.63, 3.8) is 0 Å². The van der Waals surface area contributed by atoms with Crippen molar-refractivity contribution >= 4 is 12.0 Å². The maximum Gasteiger partial charge on any atom is 0.138 e. The number of carbonyl (C=O) groups is 1. The van der Waals surface area contributed by atoms with E-state index < -0.39 is 0 Å². The van der Waals surface area contributed by atoms with Gasteiger partial charge in [0.25, 0.3) is 0 Å². The summed E-state index contributed by atoms with van der Waals surface area (Å²) in [5, 5.41) is 10.1. The Morgan fingerprint density at radius 2 is 2.07 bits per heavy atom. The van der Waals surface area contributed by atoms with E-state index in [1.165, 1.54) is 5.69 Å². The minimum Gasteiger partial charge on any atom is -0.400 e. The fourth-order valence-corrected chi connectivity index (χ4v) is 1.52. The summed E-state index contributed by atoms with van der Waals surface area (Å²) in [5.74, 6) is 0. The first-order chi connectivity index (χ1) is 7.40. The number of aliphatic hydroxyl groups excluding tert-OH is 1. The summed E-state index contributed by atoms with van der Waals surface area (Å²) in [6.45, 7) is 1.53. The van der Waals surface area contributed by atoms with Crippen LogP contribution in [0.2, 0.25) is 0 Å². The lowest BCUT2D eigenvalue weighted by atomic mass is 10.3. The third-order valence-electron chi connectivity index (χ3n) is 2.25. The molecule has 1 aromatic carbocycles. The van der Waals surface area contributed by atoms with Gasteiger partial charge >= 0.3 is 0 Å². The maximum atomic E-state index is 10.5. The number of nitrogens with zero attached hydrogens (tertiary/aromatic N) is 1. The number of hydrogen-bond acceptors (Lipinski definition) is 4. The third-order valence-corrected chi connectivity index (χ3v) is 2.25. The second kappa shape index (κ2) is 6.16. The Kier molecular flexibility index (Phi) is 4.80. The highest BCUT2D eigenvalue weighted by Crippen LogP contribution is 2.14. The minimum absolute atomic E-state index is 0.0137. The predicted molar refractivity (Wildman–Crippen MR) is 59.8 cm³/mol. The molecule has 2 N–H and O–H groups in total. The summed E-state index contributed by atoms with van der Waals surface area (Å²) in [7, 11) is 1.00. The van der Waals surface area contributed by atoms with Crippen LogP contribution in [0.25, 0.3) is 0 Å². The van der Waals surface area contributed by atoms with Gasteiger partial charge in [0, 0.05) is 19.3 Å². The number of aldehydes is 1. The Morgan fingerprint density at radius 3 is 2.60 bits per heavy atom.